The van der Waals surface area contributed by atoms with Gasteiger partial charge < -0.3 is 14.6 Å². The molecule has 2 aromatic heterocycles. The van der Waals surface area contributed by atoms with Crippen LogP contribution in [0.4, 0.5) is 0 Å². The largest absolute Gasteiger partial charge is 0.485 e. The van der Waals surface area contributed by atoms with Crippen LogP contribution in [-0.2, 0) is 6.54 Å². The van der Waals surface area contributed by atoms with Crippen molar-refractivity contribution < 1.29 is 14.6 Å². The van der Waals surface area contributed by atoms with Crippen LogP contribution in [0.1, 0.15) is 0 Å². The lowest BCUT2D eigenvalue weighted by molar-refractivity contribution is 0.174. The average Bonchev–Trinajstić information content (AvgIpc) is 2.95. The fourth-order valence-corrected chi connectivity index (χ4v) is 2.65. The van der Waals surface area contributed by atoms with E-state index in [-0.39, 0.29) is 6.61 Å². The predicted octanol–water partition coefficient (Wildman–Crippen LogP) is 0.770. The van der Waals surface area contributed by atoms with E-state index in [9.17, 15) is 0 Å². The molecule has 0 unspecified atom stereocenters. The van der Waals surface area contributed by atoms with Gasteiger partial charge in [0.05, 0.1) is 13.2 Å². The zero-order valence-electron chi connectivity index (χ0n) is 9.00. The van der Waals surface area contributed by atoms with Crippen LogP contribution in [0.2, 0.25) is 0 Å². The molecule has 6 nitrogen and oxygen atoms in total. The minimum absolute atomic E-state index is 0.0291. The first-order chi connectivity index (χ1) is 8.40. The van der Waals surface area contributed by atoms with Gasteiger partial charge in [0.2, 0.25) is 0 Å². The van der Waals surface area contributed by atoms with Crippen LogP contribution in [0.25, 0.3) is 10.7 Å². The summed E-state index contributed by atoms with van der Waals surface area (Å²) in [5, 5.41) is 14.9. The van der Waals surface area contributed by atoms with Crippen molar-refractivity contribution in [1.29, 1.82) is 0 Å². The SMILES string of the molecule is OCCn1ncnc1-c1scc2c1OCCO2. The first-order valence-corrected chi connectivity index (χ1v) is 6.14. The quantitative estimate of drug-likeness (QED) is 0.875. The van der Waals surface area contributed by atoms with Crippen LogP contribution in [0.3, 0.4) is 0 Å². The van der Waals surface area contributed by atoms with Gasteiger partial charge in [-0.2, -0.15) is 5.10 Å². The number of ether oxygens (including phenoxy) is 2. The minimum atomic E-state index is 0.0291. The Hall–Kier alpha value is -1.60. The van der Waals surface area contributed by atoms with Crippen LogP contribution in [-0.4, -0.2) is 39.7 Å². The lowest BCUT2D eigenvalue weighted by atomic mass is 10.3. The Morgan fingerprint density at radius 2 is 2.29 bits per heavy atom. The number of fused-ring (bicyclic) bond motifs is 1. The molecule has 0 bridgehead atoms. The molecule has 3 rings (SSSR count). The molecular weight excluding hydrogens is 242 g/mol. The number of aromatic nitrogens is 3. The normalized spacial score (nSPS) is 13.9. The van der Waals surface area contributed by atoms with E-state index in [0.29, 0.717) is 25.6 Å². The van der Waals surface area contributed by atoms with Crippen molar-refractivity contribution in [2.75, 3.05) is 19.8 Å². The molecule has 17 heavy (non-hydrogen) atoms. The van der Waals surface area contributed by atoms with E-state index in [2.05, 4.69) is 10.1 Å². The molecule has 2 aromatic rings. The Morgan fingerprint density at radius 1 is 1.41 bits per heavy atom. The Bertz CT molecular complexity index is 523. The molecule has 90 valence electrons. The maximum Gasteiger partial charge on any atom is 0.183 e. The highest BCUT2D eigenvalue weighted by atomic mass is 32.1. The van der Waals surface area contributed by atoms with E-state index in [1.807, 2.05) is 5.38 Å². The van der Waals surface area contributed by atoms with Gasteiger partial charge in [-0.3, -0.25) is 0 Å². The minimum Gasteiger partial charge on any atom is -0.485 e. The number of hydrogen-bond donors (Lipinski definition) is 1. The van der Waals surface area contributed by atoms with Gasteiger partial charge in [-0.15, -0.1) is 11.3 Å². The molecule has 1 N–H and O–H groups in total. The third-order valence-corrected chi connectivity index (χ3v) is 3.37. The number of aliphatic hydroxyl groups is 1. The van der Waals surface area contributed by atoms with E-state index in [4.69, 9.17) is 14.6 Å². The van der Waals surface area contributed by atoms with Crippen LogP contribution >= 0.6 is 11.3 Å². The van der Waals surface area contributed by atoms with Crippen molar-refractivity contribution in [1.82, 2.24) is 14.8 Å². The van der Waals surface area contributed by atoms with Crippen LogP contribution in [0, 0.1) is 0 Å². The average molecular weight is 253 g/mol. The molecule has 0 amide bonds. The summed E-state index contributed by atoms with van der Waals surface area (Å²) in [6, 6.07) is 0. The number of nitrogens with zero attached hydrogens (tertiary/aromatic N) is 3. The topological polar surface area (TPSA) is 69.4 Å². The maximum absolute atomic E-state index is 8.96. The van der Waals surface area contributed by atoms with Gasteiger partial charge in [0.25, 0.3) is 0 Å². The van der Waals surface area contributed by atoms with Crippen molar-refractivity contribution in [2.24, 2.45) is 0 Å². The fourth-order valence-electron chi connectivity index (χ4n) is 1.72. The third-order valence-electron chi connectivity index (χ3n) is 2.43. The molecule has 1 aliphatic rings. The summed E-state index contributed by atoms with van der Waals surface area (Å²) in [5.41, 5.74) is 0. The zero-order chi connectivity index (χ0) is 11.7. The monoisotopic (exact) mass is 253 g/mol. The molecule has 0 atom stereocenters. The summed E-state index contributed by atoms with van der Waals surface area (Å²) >= 11 is 1.51. The second-order valence-electron chi connectivity index (χ2n) is 3.49. The molecule has 0 saturated carbocycles. The van der Waals surface area contributed by atoms with E-state index in [1.165, 1.54) is 17.7 Å². The second-order valence-corrected chi connectivity index (χ2v) is 4.37. The first kappa shape index (κ1) is 10.5. The molecule has 0 aliphatic carbocycles. The van der Waals surface area contributed by atoms with Crippen molar-refractivity contribution >= 4 is 11.3 Å². The number of rotatable bonds is 3. The van der Waals surface area contributed by atoms with Gasteiger partial charge in [-0.25, -0.2) is 9.67 Å². The molecular formula is C10H11N3O3S. The summed E-state index contributed by atoms with van der Waals surface area (Å²) in [5.74, 6) is 2.19. The van der Waals surface area contributed by atoms with Crippen molar-refractivity contribution in [2.45, 2.75) is 6.54 Å². The van der Waals surface area contributed by atoms with Gasteiger partial charge in [0, 0.05) is 5.38 Å². The van der Waals surface area contributed by atoms with Crippen molar-refractivity contribution in [3.8, 4) is 22.2 Å². The highest BCUT2D eigenvalue weighted by molar-refractivity contribution is 7.14. The van der Waals surface area contributed by atoms with Crippen molar-refractivity contribution in [3.63, 3.8) is 0 Å². The van der Waals surface area contributed by atoms with Crippen LogP contribution in [0.5, 0.6) is 11.5 Å². The molecule has 7 heteroatoms. The van der Waals surface area contributed by atoms with Gasteiger partial charge in [-0.05, 0) is 0 Å². The summed E-state index contributed by atoms with van der Waals surface area (Å²) < 4.78 is 12.7. The Balaban J connectivity index is 2.03. The van der Waals surface area contributed by atoms with Crippen LogP contribution < -0.4 is 9.47 Å². The smallest absolute Gasteiger partial charge is 0.183 e. The number of aliphatic hydroxyl groups excluding tert-OH is 1. The summed E-state index contributed by atoms with van der Waals surface area (Å²) in [6.45, 7) is 1.57. The Kier molecular flexibility index (Phi) is 2.69. The number of thiophene rings is 1. The van der Waals surface area contributed by atoms with E-state index in [1.54, 1.807) is 4.68 Å². The summed E-state index contributed by atoms with van der Waals surface area (Å²) in [7, 11) is 0. The fraction of sp³-hybridized carbons (Fsp3) is 0.400. The summed E-state index contributed by atoms with van der Waals surface area (Å²) in [6.07, 6.45) is 1.47. The zero-order valence-corrected chi connectivity index (χ0v) is 9.81. The molecule has 1 aliphatic heterocycles. The molecule has 0 radical (unpaired) electrons. The van der Waals surface area contributed by atoms with Crippen LogP contribution in [0.15, 0.2) is 11.7 Å². The lowest BCUT2D eigenvalue weighted by Gasteiger charge is -2.15. The highest BCUT2D eigenvalue weighted by Crippen LogP contribution is 2.44. The molecule has 3 heterocycles. The third kappa shape index (κ3) is 1.77. The summed E-state index contributed by atoms with van der Waals surface area (Å²) in [4.78, 5) is 5.10. The van der Waals surface area contributed by atoms with Gasteiger partial charge in [0.1, 0.15) is 24.4 Å². The Morgan fingerprint density at radius 3 is 3.18 bits per heavy atom. The molecule has 0 fully saturated rings. The van der Waals surface area contributed by atoms with Crippen molar-refractivity contribution in [3.05, 3.63) is 11.7 Å². The molecule has 0 aromatic carbocycles. The lowest BCUT2D eigenvalue weighted by Crippen LogP contribution is -2.14. The highest BCUT2D eigenvalue weighted by Gasteiger charge is 2.22. The van der Waals surface area contributed by atoms with E-state index in [0.717, 1.165) is 16.4 Å². The Labute approximate surface area is 101 Å². The maximum atomic E-state index is 8.96. The molecule has 0 saturated heterocycles. The molecule has 0 spiro atoms. The number of hydrogen-bond acceptors (Lipinski definition) is 6. The van der Waals surface area contributed by atoms with E-state index >= 15 is 0 Å². The second kappa shape index (κ2) is 4.34. The van der Waals surface area contributed by atoms with Gasteiger partial charge >= 0.3 is 0 Å². The van der Waals surface area contributed by atoms with E-state index < -0.39 is 0 Å². The predicted molar refractivity (Wildman–Crippen MR) is 61.4 cm³/mol. The first-order valence-electron chi connectivity index (χ1n) is 5.26. The van der Waals surface area contributed by atoms with Gasteiger partial charge in [0.15, 0.2) is 17.3 Å². The van der Waals surface area contributed by atoms with Gasteiger partial charge in [-0.1, -0.05) is 0 Å². The standard InChI is InChI=1S/C10H11N3O3S/c14-2-1-13-10(11-6-12-13)9-8-7(5-17-9)15-3-4-16-8/h5-6,14H,1-4H2.